The lowest BCUT2D eigenvalue weighted by atomic mass is 10.1. The van der Waals surface area contributed by atoms with Gasteiger partial charge in [-0.05, 0) is 43.1 Å². The quantitative estimate of drug-likeness (QED) is 0.295. The number of carbonyl (C=O) groups excluding carboxylic acids is 2. The van der Waals surface area contributed by atoms with E-state index >= 15 is 0 Å². The van der Waals surface area contributed by atoms with E-state index in [0.29, 0.717) is 12.1 Å². The first kappa shape index (κ1) is 32.5. The molecule has 0 saturated carbocycles. The summed E-state index contributed by atoms with van der Waals surface area (Å²) in [5.74, 6) is -4.49. The van der Waals surface area contributed by atoms with Crippen LogP contribution in [-0.2, 0) is 24.4 Å². The fourth-order valence-electron chi connectivity index (χ4n) is 4.55. The summed E-state index contributed by atoms with van der Waals surface area (Å²) in [6.45, 7) is -0.757. The number of carbonyl (C=O) groups is 2. The highest BCUT2D eigenvalue weighted by molar-refractivity contribution is 5.92. The number of hydrogen-bond acceptors (Lipinski definition) is 7. The number of nitrogens with one attached hydrogen (secondary N) is 2. The van der Waals surface area contributed by atoms with E-state index in [1.165, 1.54) is 40.1 Å². The molecule has 1 saturated heterocycles. The number of hydrogen-bond donors (Lipinski definition) is 2. The lowest BCUT2D eigenvalue weighted by Gasteiger charge is -2.31. The van der Waals surface area contributed by atoms with Gasteiger partial charge in [-0.25, -0.2) is 17.9 Å². The van der Waals surface area contributed by atoms with E-state index in [1.807, 2.05) is 0 Å². The zero-order chi connectivity index (χ0) is 31.9. The van der Waals surface area contributed by atoms with Crippen molar-refractivity contribution in [1.82, 2.24) is 29.8 Å². The number of aryl methyl sites for hydroxylation is 1. The van der Waals surface area contributed by atoms with Crippen LogP contribution in [-0.4, -0.2) is 74.4 Å². The van der Waals surface area contributed by atoms with E-state index in [9.17, 15) is 40.7 Å². The first-order valence-electron chi connectivity index (χ1n) is 13.5. The number of benzene rings is 1. The highest BCUT2D eigenvalue weighted by atomic mass is 19.4. The predicted molar refractivity (Wildman–Crippen MR) is 144 cm³/mol. The maximum atomic E-state index is 14.7. The van der Waals surface area contributed by atoms with Gasteiger partial charge in [0.1, 0.15) is 11.9 Å². The zero-order valence-corrected chi connectivity index (χ0v) is 23.2. The van der Waals surface area contributed by atoms with Gasteiger partial charge < -0.3 is 19.9 Å². The Bertz CT molecular complexity index is 1510. The Morgan fingerprint density at radius 2 is 1.95 bits per heavy atom. The van der Waals surface area contributed by atoms with Crippen molar-refractivity contribution in [3.63, 3.8) is 0 Å². The van der Waals surface area contributed by atoms with Gasteiger partial charge in [0.15, 0.2) is 5.69 Å². The summed E-state index contributed by atoms with van der Waals surface area (Å²) in [4.78, 5) is 38.4. The number of ether oxygens (including phenoxy) is 1. The van der Waals surface area contributed by atoms with Crippen LogP contribution in [0.4, 0.5) is 32.0 Å². The first-order chi connectivity index (χ1) is 20.7. The Morgan fingerprint density at radius 1 is 1.16 bits per heavy atom. The molecule has 1 aliphatic heterocycles. The van der Waals surface area contributed by atoms with E-state index in [-0.39, 0.29) is 56.8 Å². The van der Waals surface area contributed by atoms with Crippen molar-refractivity contribution in [2.45, 2.75) is 57.4 Å². The maximum Gasteiger partial charge on any atom is 0.573 e. The van der Waals surface area contributed by atoms with E-state index in [0.717, 1.165) is 22.9 Å². The number of alkyl halides is 6. The minimum absolute atomic E-state index is 0.00373. The summed E-state index contributed by atoms with van der Waals surface area (Å²) in [7, 11) is 0. The third-order valence-electron chi connectivity index (χ3n) is 6.54. The minimum Gasteiger partial charge on any atom is -0.406 e. The Balaban J connectivity index is 1.21. The van der Waals surface area contributed by atoms with Gasteiger partial charge in [-0.3, -0.25) is 19.3 Å². The van der Waals surface area contributed by atoms with Crippen LogP contribution in [0.2, 0.25) is 0 Å². The van der Waals surface area contributed by atoms with Crippen LogP contribution in [0.5, 0.6) is 5.75 Å². The molecule has 2 amide bonds. The van der Waals surface area contributed by atoms with Gasteiger partial charge in [0.05, 0.1) is 25.8 Å². The molecule has 17 heteroatoms. The molecule has 11 nitrogen and oxygen atoms in total. The molecule has 0 spiro atoms. The van der Waals surface area contributed by atoms with Gasteiger partial charge >= 0.3 is 6.36 Å². The molecule has 2 N–H and O–H groups in total. The summed E-state index contributed by atoms with van der Waals surface area (Å²) >= 11 is 0. The third-order valence-corrected chi connectivity index (χ3v) is 6.54. The van der Waals surface area contributed by atoms with Crippen molar-refractivity contribution in [2.75, 3.05) is 25.0 Å². The van der Waals surface area contributed by atoms with E-state index in [2.05, 4.69) is 25.7 Å². The molecule has 0 radical (unpaired) electrons. The standard InChI is InChI=1S/C27H29F6N7O4/c28-19(5-9-39-10-6-20(12-24(39)42)35-23(41)16-38-8-2-7-26(29,30)17-38)14-40-15-22(36-37-40)25(43)34-13-18-3-1-4-21(11-18)44-27(31,32)33/h1,3-4,6,10-12,15,19H,2,5,7-9,13-14,16-17H2,(H,34,43)(H,35,41). The Labute approximate surface area is 246 Å². The number of halogens is 6. The van der Waals surface area contributed by atoms with Crippen LogP contribution in [0.25, 0.3) is 0 Å². The largest absolute Gasteiger partial charge is 0.573 e. The van der Waals surface area contributed by atoms with Gasteiger partial charge in [0.25, 0.3) is 17.4 Å². The van der Waals surface area contributed by atoms with Crippen molar-refractivity contribution in [3.05, 3.63) is 70.4 Å². The molecule has 1 atom stereocenters. The summed E-state index contributed by atoms with van der Waals surface area (Å²) in [6, 6.07) is 7.67. The third kappa shape index (κ3) is 10.1. The van der Waals surface area contributed by atoms with Crippen LogP contribution in [0.1, 0.15) is 35.3 Å². The van der Waals surface area contributed by atoms with Gasteiger partial charge in [-0.15, -0.1) is 18.3 Å². The van der Waals surface area contributed by atoms with Crippen LogP contribution in [0.3, 0.4) is 0 Å². The number of piperidine rings is 1. The van der Waals surface area contributed by atoms with Crippen LogP contribution < -0.4 is 20.9 Å². The van der Waals surface area contributed by atoms with Gasteiger partial charge in [-0.2, -0.15) is 0 Å². The second-order valence-electron chi connectivity index (χ2n) is 10.3. The fraction of sp³-hybridized carbons (Fsp3) is 0.444. The second-order valence-corrected chi connectivity index (χ2v) is 10.3. The fourth-order valence-corrected chi connectivity index (χ4v) is 4.55. The summed E-state index contributed by atoms with van der Waals surface area (Å²) in [5.41, 5.74) is -0.114. The topological polar surface area (TPSA) is 123 Å². The Kier molecular flexibility index (Phi) is 10.3. The first-order valence-corrected chi connectivity index (χ1v) is 13.5. The number of pyridine rings is 1. The molecule has 1 aliphatic rings. The monoisotopic (exact) mass is 629 g/mol. The molecule has 0 aliphatic carbocycles. The van der Waals surface area contributed by atoms with Gasteiger partial charge in [0, 0.05) is 37.5 Å². The Morgan fingerprint density at radius 3 is 2.68 bits per heavy atom. The SMILES string of the molecule is O=C(CN1CCCC(F)(F)C1)Nc1ccn(CCC(F)Cn2cc(C(=O)NCc3cccc(OC(F)(F)F)c3)nn2)c(=O)c1. The van der Waals surface area contributed by atoms with Gasteiger partial charge in [-0.1, -0.05) is 17.3 Å². The van der Waals surface area contributed by atoms with Crippen molar-refractivity contribution in [1.29, 1.82) is 0 Å². The van der Waals surface area contributed by atoms with Crippen molar-refractivity contribution >= 4 is 17.5 Å². The minimum atomic E-state index is -4.85. The van der Waals surface area contributed by atoms with Crippen LogP contribution >= 0.6 is 0 Å². The Hall–Kier alpha value is -4.41. The lowest BCUT2D eigenvalue weighted by Crippen LogP contribution is -2.45. The molecule has 3 heterocycles. The number of amides is 2. The van der Waals surface area contributed by atoms with Gasteiger partial charge in [0.2, 0.25) is 5.91 Å². The van der Waals surface area contributed by atoms with E-state index in [1.54, 1.807) is 0 Å². The molecule has 1 aromatic carbocycles. The van der Waals surface area contributed by atoms with Crippen molar-refractivity contribution in [3.8, 4) is 5.75 Å². The number of aromatic nitrogens is 4. The molecule has 4 rings (SSSR count). The van der Waals surface area contributed by atoms with E-state index in [4.69, 9.17) is 0 Å². The van der Waals surface area contributed by atoms with E-state index < -0.39 is 48.1 Å². The number of anilines is 1. The normalized spacial score (nSPS) is 15.9. The zero-order valence-electron chi connectivity index (χ0n) is 23.2. The molecule has 1 unspecified atom stereocenters. The molecule has 1 fully saturated rings. The lowest BCUT2D eigenvalue weighted by molar-refractivity contribution is -0.274. The summed E-state index contributed by atoms with van der Waals surface area (Å²) in [5, 5.41) is 12.4. The van der Waals surface area contributed by atoms with Crippen molar-refractivity contribution < 1.29 is 40.7 Å². The molecular weight excluding hydrogens is 600 g/mol. The maximum absolute atomic E-state index is 14.7. The number of rotatable bonds is 12. The molecule has 0 bridgehead atoms. The van der Waals surface area contributed by atoms with Crippen LogP contribution in [0.15, 0.2) is 53.6 Å². The smallest absolute Gasteiger partial charge is 0.406 e. The number of likely N-dealkylation sites (tertiary alicyclic amines) is 1. The molecular formula is C27H29F6N7O4. The molecule has 2 aromatic heterocycles. The highest BCUT2D eigenvalue weighted by Crippen LogP contribution is 2.26. The van der Waals surface area contributed by atoms with Crippen LogP contribution in [0, 0.1) is 0 Å². The number of nitrogens with zero attached hydrogens (tertiary/aromatic N) is 5. The predicted octanol–water partition coefficient (Wildman–Crippen LogP) is 3.37. The summed E-state index contributed by atoms with van der Waals surface area (Å²) in [6.07, 6.45) is -3.76. The summed E-state index contributed by atoms with van der Waals surface area (Å²) < 4.78 is 85.2. The second kappa shape index (κ2) is 13.9. The van der Waals surface area contributed by atoms with Crippen molar-refractivity contribution in [2.24, 2.45) is 0 Å². The highest BCUT2D eigenvalue weighted by Gasteiger charge is 2.35. The average molecular weight is 630 g/mol. The molecule has 238 valence electrons. The molecule has 3 aromatic rings. The average Bonchev–Trinajstić information content (AvgIpc) is 3.38. The molecule has 44 heavy (non-hydrogen) atoms.